The zero-order valence-corrected chi connectivity index (χ0v) is 16.4. The highest BCUT2D eigenvalue weighted by Crippen LogP contribution is 2.31. The monoisotopic (exact) mass is 398 g/mol. The van der Waals surface area contributed by atoms with Gasteiger partial charge in [-0.15, -0.1) is 12.4 Å². The highest BCUT2D eigenvalue weighted by molar-refractivity contribution is 7.89. The molecule has 6 nitrogen and oxygen atoms in total. The Bertz CT molecular complexity index is 642. The van der Waals surface area contributed by atoms with Crippen molar-refractivity contribution in [2.24, 2.45) is 0 Å². The Morgan fingerprint density at radius 2 is 2.17 bits per heavy atom. The normalized spacial score (nSPS) is 20.2. The lowest BCUT2D eigenvalue weighted by molar-refractivity contribution is 0.0900. The van der Waals surface area contributed by atoms with E-state index < -0.39 is 10.0 Å². The molecule has 2 unspecified atom stereocenters. The summed E-state index contributed by atoms with van der Waals surface area (Å²) in [5.41, 5.74) is 0. The van der Waals surface area contributed by atoms with E-state index in [4.69, 9.17) is 21.1 Å². The minimum absolute atomic E-state index is 0. The predicted molar refractivity (Wildman–Crippen MR) is 96.9 cm³/mol. The second-order valence-electron chi connectivity index (χ2n) is 5.69. The lowest BCUT2D eigenvalue weighted by atomic mass is 10.3. The molecule has 2 rings (SSSR count). The Morgan fingerprint density at radius 1 is 1.46 bits per heavy atom. The van der Waals surface area contributed by atoms with Gasteiger partial charge in [0, 0.05) is 37.8 Å². The van der Waals surface area contributed by atoms with E-state index in [-0.39, 0.29) is 29.4 Å². The van der Waals surface area contributed by atoms with Gasteiger partial charge in [-0.05, 0) is 32.0 Å². The molecule has 1 N–H and O–H groups in total. The molecule has 9 heteroatoms. The summed E-state index contributed by atoms with van der Waals surface area (Å²) in [6.45, 7) is 5.61. The molecular formula is C15H24Cl2N2O4S. The first kappa shape index (κ1) is 21.5. The average molecular weight is 399 g/mol. The summed E-state index contributed by atoms with van der Waals surface area (Å²) >= 11 is 6.01. The molecule has 0 bridgehead atoms. The molecule has 0 radical (unpaired) electrons. The van der Waals surface area contributed by atoms with E-state index in [2.05, 4.69) is 5.32 Å². The molecule has 24 heavy (non-hydrogen) atoms. The Balaban J connectivity index is 0.00000288. The van der Waals surface area contributed by atoms with Crippen LogP contribution in [0.2, 0.25) is 5.02 Å². The van der Waals surface area contributed by atoms with Crippen molar-refractivity contribution < 1.29 is 17.9 Å². The highest BCUT2D eigenvalue weighted by Gasteiger charge is 2.31. The van der Waals surface area contributed by atoms with Crippen molar-refractivity contribution in [2.45, 2.75) is 30.9 Å². The number of benzene rings is 1. The molecule has 0 amide bonds. The molecular weight excluding hydrogens is 375 g/mol. The van der Waals surface area contributed by atoms with Crippen LogP contribution >= 0.6 is 24.0 Å². The van der Waals surface area contributed by atoms with Crippen LogP contribution in [0.3, 0.4) is 0 Å². The van der Waals surface area contributed by atoms with E-state index >= 15 is 0 Å². The number of ether oxygens (including phenoxy) is 2. The summed E-state index contributed by atoms with van der Waals surface area (Å²) in [4.78, 5) is 0.0991. The van der Waals surface area contributed by atoms with Crippen LogP contribution in [0.25, 0.3) is 0 Å². The van der Waals surface area contributed by atoms with Gasteiger partial charge in [-0.1, -0.05) is 11.6 Å². The maximum absolute atomic E-state index is 13.0. The largest absolute Gasteiger partial charge is 0.487 e. The molecule has 0 aliphatic carbocycles. The number of halogens is 2. The summed E-state index contributed by atoms with van der Waals surface area (Å²) in [6, 6.07) is 4.76. The van der Waals surface area contributed by atoms with Crippen molar-refractivity contribution in [1.82, 2.24) is 9.62 Å². The SMILES string of the molecule is COCC(C)Oc1ccc(Cl)cc1S(=O)(=O)N1CCNC(C)C1.Cl. The lowest BCUT2D eigenvalue weighted by Gasteiger charge is -2.31. The summed E-state index contributed by atoms with van der Waals surface area (Å²) < 4.78 is 38.2. The van der Waals surface area contributed by atoms with E-state index in [1.165, 1.54) is 10.4 Å². The van der Waals surface area contributed by atoms with Gasteiger partial charge in [-0.25, -0.2) is 8.42 Å². The number of sulfonamides is 1. The van der Waals surface area contributed by atoms with Gasteiger partial charge in [0.25, 0.3) is 0 Å². The minimum atomic E-state index is -3.67. The standard InChI is InChI=1S/C15H23ClN2O4S.ClH/c1-11-9-18(7-6-17-11)23(19,20)15-8-13(16)4-5-14(15)22-12(2)10-21-3;/h4-5,8,11-12,17H,6-7,9-10H2,1-3H3;1H. The number of rotatable bonds is 6. The van der Waals surface area contributed by atoms with E-state index in [1.54, 1.807) is 19.2 Å². The van der Waals surface area contributed by atoms with Gasteiger partial charge in [0.1, 0.15) is 16.7 Å². The zero-order valence-electron chi connectivity index (χ0n) is 14.0. The molecule has 0 saturated carbocycles. The predicted octanol–water partition coefficient (Wildman–Crippen LogP) is 2.16. The first-order valence-corrected chi connectivity index (χ1v) is 9.35. The van der Waals surface area contributed by atoms with E-state index in [0.29, 0.717) is 37.0 Å². The van der Waals surface area contributed by atoms with Crippen molar-refractivity contribution in [2.75, 3.05) is 33.4 Å². The van der Waals surface area contributed by atoms with Crippen LogP contribution in [0.15, 0.2) is 23.1 Å². The molecule has 1 saturated heterocycles. The molecule has 2 atom stereocenters. The lowest BCUT2D eigenvalue weighted by Crippen LogP contribution is -2.51. The summed E-state index contributed by atoms with van der Waals surface area (Å²) in [6.07, 6.45) is -0.267. The minimum Gasteiger partial charge on any atom is -0.487 e. The van der Waals surface area contributed by atoms with Gasteiger partial charge >= 0.3 is 0 Å². The van der Waals surface area contributed by atoms with E-state index in [9.17, 15) is 8.42 Å². The third-order valence-corrected chi connectivity index (χ3v) is 5.71. The molecule has 0 aromatic heterocycles. The van der Waals surface area contributed by atoms with Crippen LogP contribution in [0.4, 0.5) is 0 Å². The number of hydrogen-bond donors (Lipinski definition) is 1. The van der Waals surface area contributed by atoms with Gasteiger partial charge in [0.2, 0.25) is 10.0 Å². The molecule has 1 aliphatic heterocycles. The van der Waals surface area contributed by atoms with Crippen molar-refractivity contribution >= 4 is 34.0 Å². The zero-order chi connectivity index (χ0) is 17.0. The first-order valence-electron chi connectivity index (χ1n) is 7.53. The number of nitrogens with one attached hydrogen (secondary N) is 1. The molecule has 1 aromatic rings. The van der Waals surface area contributed by atoms with Crippen LogP contribution < -0.4 is 10.1 Å². The molecule has 1 fully saturated rings. The van der Waals surface area contributed by atoms with Crippen LogP contribution in [0.5, 0.6) is 5.75 Å². The second-order valence-corrected chi connectivity index (χ2v) is 8.04. The smallest absolute Gasteiger partial charge is 0.246 e. The number of methoxy groups -OCH3 is 1. The molecule has 138 valence electrons. The molecule has 1 heterocycles. The average Bonchev–Trinajstić information content (AvgIpc) is 2.49. The topological polar surface area (TPSA) is 67.9 Å². The number of piperazine rings is 1. The molecule has 1 aromatic carbocycles. The number of hydrogen-bond acceptors (Lipinski definition) is 5. The van der Waals surface area contributed by atoms with Gasteiger partial charge in [0.05, 0.1) is 6.61 Å². The summed E-state index contributed by atoms with van der Waals surface area (Å²) in [5, 5.41) is 3.59. The van der Waals surface area contributed by atoms with Crippen LogP contribution in [0, 0.1) is 0 Å². The fourth-order valence-electron chi connectivity index (χ4n) is 2.52. The maximum atomic E-state index is 13.0. The Kier molecular flexibility index (Phi) is 8.25. The summed E-state index contributed by atoms with van der Waals surface area (Å²) in [7, 11) is -2.09. The highest BCUT2D eigenvalue weighted by atomic mass is 35.5. The molecule has 0 spiro atoms. The molecule has 1 aliphatic rings. The maximum Gasteiger partial charge on any atom is 0.246 e. The second kappa shape index (κ2) is 9.22. The van der Waals surface area contributed by atoms with Crippen molar-refractivity contribution in [3.63, 3.8) is 0 Å². The fourth-order valence-corrected chi connectivity index (χ4v) is 4.43. The van der Waals surface area contributed by atoms with E-state index in [1.807, 2.05) is 13.8 Å². The van der Waals surface area contributed by atoms with Crippen molar-refractivity contribution in [3.8, 4) is 5.75 Å². The van der Waals surface area contributed by atoms with Gasteiger partial charge in [-0.3, -0.25) is 0 Å². The third-order valence-electron chi connectivity index (χ3n) is 3.58. The van der Waals surface area contributed by atoms with Gasteiger partial charge in [-0.2, -0.15) is 4.31 Å². The van der Waals surface area contributed by atoms with Crippen molar-refractivity contribution in [3.05, 3.63) is 23.2 Å². The van der Waals surface area contributed by atoms with Crippen LogP contribution in [0.1, 0.15) is 13.8 Å². The van der Waals surface area contributed by atoms with Gasteiger partial charge in [0.15, 0.2) is 0 Å². The Hall–Kier alpha value is -0.570. The quantitative estimate of drug-likeness (QED) is 0.794. The van der Waals surface area contributed by atoms with E-state index in [0.717, 1.165) is 0 Å². The van der Waals surface area contributed by atoms with Crippen molar-refractivity contribution in [1.29, 1.82) is 0 Å². The van der Waals surface area contributed by atoms with Crippen LogP contribution in [-0.2, 0) is 14.8 Å². The summed E-state index contributed by atoms with van der Waals surface area (Å²) in [5.74, 6) is 0.296. The van der Waals surface area contributed by atoms with Crippen LogP contribution in [-0.4, -0.2) is 58.2 Å². The first-order chi connectivity index (χ1) is 10.8. The Morgan fingerprint density at radius 3 is 2.79 bits per heavy atom. The third kappa shape index (κ3) is 5.21. The van der Waals surface area contributed by atoms with Gasteiger partial charge < -0.3 is 14.8 Å². The Labute approximate surface area is 154 Å². The number of nitrogens with zero attached hydrogens (tertiary/aromatic N) is 1. The fraction of sp³-hybridized carbons (Fsp3) is 0.600.